The van der Waals surface area contributed by atoms with Gasteiger partial charge in [0.05, 0.1) is 80.5 Å². The zero-order chi connectivity index (χ0) is 26.3. The minimum atomic E-state index is 0.165. The van der Waals surface area contributed by atoms with Crippen molar-refractivity contribution in [3.63, 3.8) is 0 Å². The van der Waals surface area contributed by atoms with Gasteiger partial charge in [-0.05, 0) is 0 Å². The predicted octanol–water partition coefficient (Wildman–Crippen LogP) is 1.26. The molecule has 0 aromatic carbocycles. The standard InChI is InChI=1S/C24H44N6O2S4/c1-29(2)15-11-27(12-16-29)23(33)35-19-5-21(31)25-7-9-26(10-8-25)22(32)6-20-36-24(34)28-13-17-30(3,4)18-14-28/h5-20H2,1-4H3/q+2. The Morgan fingerprint density at radius 3 is 1.19 bits per heavy atom. The number of hydrogen-bond donors (Lipinski definition) is 0. The molecule has 3 aliphatic heterocycles. The number of thioether (sulfide) groups is 2. The van der Waals surface area contributed by atoms with Crippen LogP contribution in [0.2, 0.25) is 0 Å². The average Bonchev–Trinajstić information content (AvgIpc) is 2.83. The van der Waals surface area contributed by atoms with Crippen molar-refractivity contribution in [2.24, 2.45) is 0 Å². The summed E-state index contributed by atoms with van der Waals surface area (Å²) in [6.07, 6.45) is 0.990. The van der Waals surface area contributed by atoms with Gasteiger partial charge in [-0.15, -0.1) is 0 Å². The Hall–Kier alpha value is -0.660. The summed E-state index contributed by atoms with van der Waals surface area (Å²) in [5.41, 5.74) is 0. The first-order chi connectivity index (χ1) is 17.0. The van der Waals surface area contributed by atoms with Crippen LogP contribution in [0.15, 0.2) is 0 Å². The molecule has 0 aromatic rings. The number of quaternary nitrogens is 2. The largest absolute Gasteiger partial charge is 0.346 e. The molecular formula is C24H44N6O2S4+2. The van der Waals surface area contributed by atoms with E-state index in [1.807, 2.05) is 9.80 Å². The van der Waals surface area contributed by atoms with Crippen molar-refractivity contribution in [3.05, 3.63) is 0 Å². The quantitative estimate of drug-likeness (QED) is 0.346. The Balaban J connectivity index is 1.26. The van der Waals surface area contributed by atoms with E-state index in [9.17, 15) is 9.59 Å². The highest BCUT2D eigenvalue weighted by atomic mass is 32.2. The summed E-state index contributed by atoms with van der Waals surface area (Å²) < 4.78 is 3.91. The molecule has 0 radical (unpaired) electrons. The lowest BCUT2D eigenvalue weighted by atomic mass is 10.2. The highest BCUT2D eigenvalue weighted by Gasteiger charge is 2.28. The number of nitrogens with zero attached hydrogens (tertiary/aromatic N) is 6. The molecule has 3 aliphatic rings. The van der Waals surface area contributed by atoms with E-state index in [0.717, 1.165) is 81.5 Å². The fraction of sp³-hybridized carbons (Fsp3) is 0.833. The highest BCUT2D eigenvalue weighted by molar-refractivity contribution is 8.23. The third-order valence-corrected chi connectivity index (χ3v) is 10.5. The second-order valence-corrected chi connectivity index (χ2v) is 14.7. The SMILES string of the molecule is C[N+]1(C)CCN(C(=S)SCCC(=O)N2CCN(C(=O)CCSC(=S)N3CC[N+](C)(C)CC3)CC2)CC1. The lowest BCUT2D eigenvalue weighted by molar-refractivity contribution is -0.893. The molecular weight excluding hydrogens is 533 g/mol. The summed E-state index contributed by atoms with van der Waals surface area (Å²) in [5.74, 6) is 1.77. The van der Waals surface area contributed by atoms with Crippen LogP contribution in [0.3, 0.4) is 0 Å². The molecule has 0 bridgehead atoms. The number of hydrogen-bond acceptors (Lipinski definition) is 6. The van der Waals surface area contributed by atoms with Gasteiger partial charge in [-0.25, -0.2) is 0 Å². The van der Waals surface area contributed by atoms with Gasteiger partial charge in [0.2, 0.25) is 11.8 Å². The van der Waals surface area contributed by atoms with E-state index in [1.54, 1.807) is 23.5 Å². The van der Waals surface area contributed by atoms with Crippen LogP contribution >= 0.6 is 48.0 Å². The Labute approximate surface area is 236 Å². The minimum absolute atomic E-state index is 0.165. The topological polar surface area (TPSA) is 47.1 Å². The zero-order valence-corrected chi connectivity index (χ0v) is 25.7. The molecule has 0 saturated carbocycles. The van der Waals surface area contributed by atoms with E-state index < -0.39 is 0 Å². The molecule has 0 aromatic heterocycles. The van der Waals surface area contributed by atoms with Crippen molar-refractivity contribution in [1.82, 2.24) is 19.6 Å². The number of amides is 2. The molecule has 0 N–H and O–H groups in total. The normalized spacial score (nSPS) is 21.9. The van der Waals surface area contributed by atoms with Gasteiger partial charge < -0.3 is 28.6 Å². The Bertz CT molecular complexity index is 730. The van der Waals surface area contributed by atoms with Crippen LogP contribution in [0.4, 0.5) is 0 Å². The van der Waals surface area contributed by atoms with Gasteiger partial charge in [0.25, 0.3) is 0 Å². The molecule has 12 heteroatoms. The number of likely N-dealkylation sites (N-methyl/N-ethyl adjacent to an activating group) is 2. The first kappa shape index (κ1) is 29.9. The third kappa shape index (κ3) is 9.27. The molecule has 0 atom stereocenters. The van der Waals surface area contributed by atoms with Gasteiger partial charge in [0.15, 0.2) is 0 Å². The smallest absolute Gasteiger partial charge is 0.223 e. The van der Waals surface area contributed by atoms with Crippen molar-refractivity contribution in [1.29, 1.82) is 0 Å². The molecule has 36 heavy (non-hydrogen) atoms. The van der Waals surface area contributed by atoms with Crippen molar-refractivity contribution < 1.29 is 18.6 Å². The first-order valence-electron chi connectivity index (χ1n) is 13.0. The van der Waals surface area contributed by atoms with Crippen LogP contribution in [0, 0.1) is 0 Å². The molecule has 2 amide bonds. The van der Waals surface area contributed by atoms with Gasteiger partial charge in [-0.2, -0.15) is 0 Å². The van der Waals surface area contributed by atoms with Crippen molar-refractivity contribution >= 4 is 68.4 Å². The molecule has 0 unspecified atom stereocenters. The maximum Gasteiger partial charge on any atom is 0.223 e. The summed E-state index contributed by atoms with van der Waals surface area (Å²) in [6, 6.07) is 0. The van der Waals surface area contributed by atoms with E-state index in [4.69, 9.17) is 24.4 Å². The molecule has 3 rings (SSSR count). The number of carbonyl (C=O) groups excluding carboxylic acids is 2. The summed E-state index contributed by atoms with van der Waals surface area (Å²) in [7, 11) is 9.02. The van der Waals surface area contributed by atoms with Gasteiger partial charge >= 0.3 is 0 Å². The molecule has 3 fully saturated rings. The van der Waals surface area contributed by atoms with Crippen LogP contribution in [0.5, 0.6) is 0 Å². The summed E-state index contributed by atoms with van der Waals surface area (Å²) in [5, 5.41) is 0. The lowest BCUT2D eigenvalue weighted by Crippen LogP contribution is -2.55. The number of carbonyl (C=O) groups is 2. The van der Waals surface area contributed by atoms with Gasteiger partial charge in [-0.1, -0.05) is 48.0 Å². The summed E-state index contributed by atoms with van der Waals surface area (Å²) >= 11 is 14.4. The minimum Gasteiger partial charge on any atom is -0.346 e. The zero-order valence-electron chi connectivity index (χ0n) is 22.4. The van der Waals surface area contributed by atoms with Crippen LogP contribution in [0.1, 0.15) is 12.8 Å². The van der Waals surface area contributed by atoms with Gasteiger partial charge in [0.1, 0.15) is 8.64 Å². The Morgan fingerprint density at radius 2 is 0.889 bits per heavy atom. The summed E-state index contributed by atoms with van der Waals surface area (Å²) in [4.78, 5) is 33.7. The average molecular weight is 577 g/mol. The van der Waals surface area contributed by atoms with E-state index in [-0.39, 0.29) is 11.8 Å². The van der Waals surface area contributed by atoms with Crippen LogP contribution in [-0.4, -0.2) is 167 Å². The van der Waals surface area contributed by atoms with Crippen LogP contribution < -0.4 is 0 Å². The fourth-order valence-electron chi connectivity index (χ4n) is 4.53. The number of thiocarbonyl (C=S) groups is 2. The lowest BCUT2D eigenvalue weighted by Gasteiger charge is -2.40. The molecule has 8 nitrogen and oxygen atoms in total. The Morgan fingerprint density at radius 1 is 0.583 bits per heavy atom. The fourth-order valence-corrected chi connectivity index (χ4v) is 7.03. The van der Waals surface area contributed by atoms with Crippen molar-refractivity contribution in [2.45, 2.75) is 12.8 Å². The van der Waals surface area contributed by atoms with Crippen LogP contribution in [0.25, 0.3) is 0 Å². The van der Waals surface area contributed by atoms with E-state index >= 15 is 0 Å². The van der Waals surface area contributed by atoms with E-state index in [2.05, 4.69) is 38.0 Å². The number of rotatable bonds is 6. The highest BCUT2D eigenvalue weighted by Crippen LogP contribution is 2.18. The Kier molecular flexibility index (Phi) is 11.1. The van der Waals surface area contributed by atoms with Crippen LogP contribution in [-0.2, 0) is 9.59 Å². The maximum atomic E-state index is 12.7. The molecule has 3 saturated heterocycles. The first-order valence-corrected chi connectivity index (χ1v) is 15.8. The maximum absolute atomic E-state index is 12.7. The summed E-state index contributed by atoms with van der Waals surface area (Å²) in [6.45, 7) is 10.8. The van der Waals surface area contributed by atoms with Crippen molar-refractivity contribution in [3.8, 4) is 0 Å². The molecule has 0 spiro atoms. The molecule has 3 heterocycles. The molecule has 204 valence electrons. The second-order valence-electron chi connectivity index (χ2n) is 11.2. The molecule has 0 aliphatic carbocycles. The third-order valence-electron chi connectivity index (χ3n) is 7.49. The van der Waals surface area contributed by atoms with Gasteiger partial charge in [0, 0.05) is 50.5 Å². The van der Waals surface area contributed by atoms with Crippen molar-refractivity contribution in [2.75, 3.05) is 118 Å². The van der Waals surface area contributed by atoms with E-state index in [1.165, 1.54) is 0 Å². The monoisotopic (exact) mass is 576 g/mol. The second kappa shape index (κ2) is 13.4. The number of piperazine rings is 3. The predicted molar refractivity (Wildman–Crippen MR) is 159 cm³/mol. The van der Waals surface area contributed by atoms with E-state index in [0.29, 0.717) is 39.0 Å². The van der Waals surface area contributed by atoms with Gasteiger partial charge in [-0.3, -0.25) is 9.59 Å².